The van der Waals surface area contributed by atoms with Crippen molar-refractivity contribution in [1.82, 2.24) is 14.5 Å². The van der Waals surface area contributed by atoms with Crippen molar-refractivity contribution in [3.05, 3.63) is 48.2 Å². The number of para-hydroxylation sites is 2. The summed E-state index contributed by atoms with van der Waals surface area (Å²) in [6, 6.07) is 13.7. The van der Waals surface area contributed by atoms with E-state index in [0.717, 1.165) is 41.8 Å². The molecule has 0 spiro atoms. The third kappa shape index (κ3) is 4.13. The lowest BCUT2D eigenvalue weighted by Crippen LogP contribution is -2.03. The second-order valence-electron chi connectivity index (χ2n) is 6.41. The smallest absolute Gasteiger partial charge is 0.168 e. The molecular formula is C21H25N3O. The molecule has 0 aliphatic rings. The Hall–Kier alpha value is -2.49. The first-order chi connectivity index (χ1) is 12.3. The van der Waals surface area contributed by atoms with Gasteiger partial charge in [0.25, 0.3) is 0 Å². The summed E-state index contributed by atoms with van der Waals surface area (Å²) in [5.41, 5.74) is 3.30. The lowest BCUT2D eigenvalue weighted by Gasteiger charge is -2.09. The second-order valence-corrected chi connectivity index (χ2v) is 6.41. The van der Waals surface area contributed by atoms with Crippen LogP contribution >= 0.6 is 0 Å². The number of carbonyl (C=O) groups excluding carboxylic acids is 1. The van der Waals surface area contributed by atoms with Crippen LogP contribution in [0.5, 0.6) is 0 Å². The van der Waals surface area contributed by atoms with E-state index in [-0.39, 0.29) is 0 Å². The molecule has 0 fully saturated rings. The van der Waals surface area contributed by atoms with Crippen molar-refractivity contribution in [1.29, 1.82) is 0 Å². The molecule has 4 nitrogen and oxygen atoms in total. The van der Waals surface area contributed by atoms with Crippen molar-refractivity contribution < 1.29 is 4.79 Å². The Morgan fingerprint density at radius 1 is 0.920 bits per heavy atom. The van der Waals surface area contributed by atoms with Crippen molar-refractivity contribution in [2.75, 3.05) is 0 Å². The maximum Gasteiger partial charge on any atom is 0.168 e. The first-order valence-electron chi connectivity index (χ1n) is 9.21. The minimum Gasteiger partial charge on any atom is -0.323 e. The quantitative estimate of drug-likeness (QED) is 0.395. The molecule has 0 N–H and O–H groups in total. The van der Waals surface area contributed by atoms with Crippen LogP contribution in [-0.4, -0.2) is 20.8 Å². The summed E-state index contributed by atoms with van der Waals surface area (Å²) in [5, 5.41) is 0. The number of hydrogen-bond donors (Lipinski definition) is 0. The highest BCUT2D eigenvalue weighted by Gasteiger charge is 2.13. The monoisotopic (exact) mass is 335 g/mol. The van der Waals surface area contributed by atoms with Gasteiger partial charge >= 0.3 is 0 Å². The SMILES string of the molecule is CCCCCCCCn1c(-c2cccc(C=O)n2)nc2ccccc21. The number of unbranched alkanes of at least 4 members (excludes halogenated alkanes) is 5. The molecule has 0 unspecified atom stereocenters. The minimum atomic E-state index is 0.440. The molecule has 2 heterocycles. The summed E-state index contributed by atoms with van der Waals surface area (Å²) in [5.74, 6) is 0.846. The van der Waals surface area contributed by atoms with E-state index in [1.54, 1.807) is 6.07 Å². The van der Waals surface area contributed by atoms with Crippen molar-refractivity contribution in [3.8, 4) is 11.5 Å². The number of imidazole rings is 1. The van der Waals surface area contributed by atoms with Crippen LogP contribution in [0.3, 0.4) is 0 Å². The van der Waals surface area contributed by atoms with Crippen LogP contribution in [0.1, 0.15) is 55.9 Å². The predicted octanol–water partition coefficient (Wildman–Crippen LogP) is 5.27. The van der Waals surface area contributed by atoms with Gasteiger partial charge in [-0.15, -0.1) is 0 Å². The molecule has 25 heavy (non-hydrogen) atoms. The summed E-state index contributed by atoms with van der Waals surface area (Å²) in [6.07, 6.45) is 8.34. The lowest BCUT2D eigenvalue weighted by atomic mass is 10.1. The van der Waals surface area contributed by atoms with Crippen LogP contribution < -0.4 is 0 Å². The van der Waals surface area contributed by atoms with E-state index in [4.69, 9.17) is 4.98 Å². The standard InChI is InChI=1S/C21H25N3O/c1-2-3-4-5-6-9-15-24-20-14-8-7-12-18(20)23-21(24)19-13-10-11-17(16-25)22-19/h7-8,10-14,16H,2-6,9,15H2,1H3. The van der Waals surface area contributed by atoms with Crippen LogP contribution in [0, 0.1) is 0 Å². The van der Waals surface area contributed by atoms with Crippen molar-refractivity contribution >= 4 is 17.3 Å². The van der Waals surface area contributed by atoms with Crippen LogP contribution in [0.4, 0.5) is 0 Å². The summed E-state index contributed by atoms with van der Waals surface area (Å²) in [7, 11) is 0. The summed E-state index contributed by atoms with van der Waals surface area (Å²) in [6.45, 7) is 3.17. The van der Waals surface area contributed by atoms with Gasteiger partial charge < -0.3 is 4.57 Å². The maximum absolute atomic E-state index is 11.1. The average molecular weight is 335 g/mol. The third-order valence-electron chi connectivity index (χ3n) is 4.51. The van der Waals surface area contributed by atoms with Gasteiger partial charge in [-0.05, 0) is 30.7 Å². The molecule has 0 bridgehead atoms. The number of aldehydes is 1. The van der Waals surface area contributed by atoms with E-state index in [9.17, 15) is 4.79 Å². The van der Waals surface area contributed by atoms with Gasteiger partial charge in [0.1, 0.15) is 11.4 Å². The van der Waals surface area contributed by atoms with Crippen molar-refractivity contribution in [3.63, 3.8) is 0 Å². The fourth-order valence-electron chi connectivity index (χ4n) is 3.19. The Morgan fingerprint density at radius 2 is 1.72 bits per heavy atom. The highest BCUT2D eigenvalue weighted by Crippen LogP contribution is 2.24. The van der Waals surface area contributed by atoms with Gasteiger partial charge in [-0.2, -0.15) is 0 Å². The molecule has 0 radical (unpaired) electrons. The van der Waals surface area contributed by atoms with Gasteiger partial charge in [-0.25, -0.2) is 9.97 Å². The summed E-state index contributed by atoms with van der Waals surface area (Å²) >= 11 is 0. The predicted molar refractivity (Wildman–Crippen MR) is 102 cm³/mol. The number of hydrogen-bond acceptors (Lipinski definition) is 3. The number of benzene rings is 1. The Bertz CT molecular complexity index is 838. The van der Waals surface area contributed by atoms with E-state index in [2.05, 4.69) is 22.5 Å². The van der Waals surface area contributed by atoms with Gasteiger partial charge in [-0.1, -0.05) is 57.2 Å². The lowest BCUT2D eigenvalue weighted by molar-refractivity contribution is 0.111. The molecule has 0 saturated carbocycles. The zero-order valence-corrected chi connectivity index (χ0v) is 14.8. The summed E-state index contributed by atoms with van der Waals surface area (Å²) in [4.78, 5) is 20.3. The largest absolute Gasteiger partial charge is 0.323 e. The average Bonchev–Trinajstić information content (AvgIpc) is 3.03. The van der Waals surface area contributed by atoms with Gasteiger partial charge in [0.2, 0.25) is 0 Å². The topological polar surface area (TPSA) is 47.8 Å². The van der Waals surface area contributed by atoms with Crippen LogP contribution in [-0.2, 0) is 6.54 Å². The number of fused-ring (bicyclic) bond motifs is 1. The second kappa shape index (κ2) is 8.56. The van der Waals surface area contributed by atoms with E-state index in [0.29, 0.717) is 5.69 Å². The Morgan fingerprint density at radius 3 is 2.56 bits per heavy atom. The fraction of sp³-hybridized carbons (Fsp3) is 0.381. The molecule has 1 aromatic carbocycles. The molecule has 0 saturated heterocycles. The van der Waals surface area contributed by atoms with Crippen molar-refractivity contribution in [2.24, 2.45) is 0 Å². The van der Waals surface area contributed by atoms with E-state index in [1.807, 2.05) is 30.3 Å². The van der Waals surface area contributed by atoms with Gasteiger partial charge in [-0.3, -0.25) is 4.79 Å². The minimum absolute atomic E-state index is 0.440. The van der Waals surface area contributed by atoms with E-state index >= 15 is 0 Å². The molecule has 0 aliphatic carbocycles. The normalized spacial score (nSPS) is 11.1. The number of aryl methyl sites for hydroxylation is 1. The molecule has 3 rings (SSSR count). The highest BCUT2D eigenvalue weighted by atomic mass is 16.1. The summed E-state index contributed by atoms with van der Waals surface area (Å²) < 4.78 is 2.24. The molecule has 2 aromatic heterocycles. The van der Waals surface area contributed by atoms with Crippen molar-refractivity contribution in [2.45, 2.75) is 52.0 Å². The molecule has 130 valence electrons. The zero-order chi connectivity index (χ0) is 17.5. The van der Waals surface area contributed by atoms with Crippen LogP contribution in [0.2, 0.25) is 0 Å². The maximum atomic E-state index is 11.1. The van der Waals surface area contributed by atoms with Gasteiger partial charge in [0, 0.05) is 6.54 Å². The van der Waals surface area contributed by atoms with Crippen LogP contribution in [0.15, 0.2) is 42.5 Å². The highest BCUT2D eigenvalue weighted by molar-refractivity contribution is 5.80. The molecule has 4 heteroatoms. The zero-order valence-electron chi connectivity index (χ0n) is 14.8. The van der Waals surface area contributed by atoms with Gasteiger partial charge in [0.15, 0.2) is 12.1 Å². The first-order valence-corrected chi connectivity index (χ1v) is 9.21. The number of aromatic nitrogens is 3. The number of carbonyl (C=O) groups is 1. The van der Waals surface area contributed by atoms with E-state index < -0.39 is 0 Å². The first kappa shape index (κ1) is 17.3. The van der Waals surface area contributed by atoms with E-state index in [1.165, 1.54) is 32.1 Å². The Labute approximate surface area is 148 Å². The Balaban J connectivity index is 1.85. The molecule has 3 aromatic rings. The molecular weight excluding hydrogens is 310 g/mol. The molecule has 0 atom stereocenters. The number of pyridine rings is 1. The fourth-order valence-corrected chi connectivity index (χ4v) is 3.19. The third-order valence-corrected chi connectivity index (χ3v) is 4.51. The molecule has 0 amide bonds. The molecule has 0 aliphatic heterocycles. The Kier molecular flexibility index (Phi) is 5.94. The van der Waals surface area contributed by atoms with Gasteiger partial charge in [0.05, 0.1) is 11.0 Å². The number of rotatable bonds is 9. The van der Waals surface area contributed by atoms with Crippen LogP contribution in [0.25, 0.3) is 22.6 Å². The number of nitrogens with zero attached hydrogens (tertiary/aromatic N) is 3.